The van der Waals surface area contributed by atoms with E-state index in [9.17, 15) is 26.7 Å². The Bertz CT molecular complexity index is 452. The molecule has 2 nitrogen and oxygen atoms in total. The van der Waals surface area contributed by atoms with Crippen molar-refractivity contribution in [3.63, 3.8) is 0 Å². The second kappa shape index (κ2) is 4.06. The maximum Gasteiger partial charge on any atom is 0.413 e. The van der Waals surface area contributed by atoms with Gasteiger partial charge in [-0.15, -0.1) is 0 Å². The molecular formula is C10H8F5NO. The highest BCUT2D eigenvalue weighted by atomic mass is 19.4. The summed E-state index contributed by atoms with van der Waals surface area (Å²) < 4.78 is 63.0. The summed E-state index contributed by atoms with van der Waals surface area (Å²) in [6.45, 7) is 0.429. The fourth-order valence-corrected chi connectivity index (χ4v) is 1.08. The van der Waals surface area contributed by atoms with Gasteiger partial charge in [0.25, 0.3) is 0 Å². The normalized spacial score (nSPS) is 15.5. The molecule has 1 unspecified atom stereocenters. The molecule has 94 valence electrons. The molecule has 0 saturated heterocycles. The molecule has 0 aromatic heterocycles. The third kappa shape index (κ3) is 2.44. The fraction of sp³-hybridized carbons (Fsp3) is 0.300. The van der Waals surface area contributed by atoms with Crippen molar-refractivity contribution in [2.24, 2.45) is 5.73 Å². The summed E-state index contributed by atoms with van der Waals surface area (Å²) in [5.41, 5.74) is 0.730. The standard InChI is InChI=1S/C10H8F5NO/c1-9(16,10(13,14)15)8(17)6-3-2-5(11)4-7(6)12/h2-4H,16H2,1H3. The van der Waals surface area contributed by atoms with Crippen LogP contribution in [0.1, 0.15) is 17.3 Å². The maximum atomic E-state index is 13.1. The Balaban J connectivity index is 3.22. The molecule has 0 aliphatic carbocycles. The van der Waals surface area contributed by atoms with Crippen molar-refractivity contribution < 1.29 is 26.7 Å². The van der Waals surface area contributed by atoms with E-state index in [0.29, 0.717) is 25.1 Å². The Hall–Kier alpha value is -1.50. The summed E-state index contributed by atoms with van der Waals surface area (Å²) in [5, 5.41) is 0. The van der Waals surface area contributed by atoms with E-state index in [-0.39, 0.29) is 0 Å². The van der Waals surface area contributed by atoms with Crippen molar-refractivity contribution in [3.05, 3.63) is 35.4 Å². The predicted octanol–water partition coefficient (Wildman–Crippen LogP) is 2.43. The smallest absolute Gasteiger partial charge is 0.311 e. The summed E-state index contributed by atoms with van der Waals surface area (Å²) in [7, 11) is 0. The number of hydrogen-bond acceptors (Lipinski definition) is 2. The van der Waals surface area contributed by atoms with Gasteiger partial charge in [-0.25, -0.2) is 8.78 Å². The number of nitrogens with two attached hydrogens (primary N) is 1. The Morgan fingerprint density at radius 1 is 1.24 bits per heavy atom. The highest BCUT2D eigenvalue weighted by molar-refractivity contribution is 6.03. The van der Waals surface area contributed by atoms with Gasteiger partial charge in [0.05, 0.1) is 5.56 Å². The molecule has 0 radical (unpaired) electrons. The van der Waals surface area contributed by atoms with E-state index in [4.69, 9.17) is 5.73 Å². The Labute approximate surface area is 93.2 Å². The summed E-state index contributed by atoms with van der Waals surface area (Å²) >= 11 is 0. The second-order valence-corrected chi connectivity index (χ2v) is 3.65. The average Bonchev–Trinajstić information content (AvgIpc) is 2.14. The maximum absolute atomic E-state index is 13.1. The molecule has 0 amide bonds. The summed E-state index contributed by atoms with van der Waals surface area (Å²) in [6, 6.07) is 1.63. The van der Waals surface area contributed by atoms with Crippen molar-refractivity contribution in [2.75, 3.05) is 0 Å². The zero-order valence-electron chi connectivity index (χ0n) is 8.61. The van der Waals surface area contributed by atoms with E-state index in [1.54, 1.807) is 0 Å². The van der Waals surface area contributed by atoms with Crippen molar-refractivity contribution in [2.45, 2.75) is 18.6 Å². The predicted molar refractivity (Wildman–Crippen MR) is 49.3 cm³/mol. The molecule has 1 aromatic carbocycles. The minimum Gasteiger partial charge on any atom is -0.311 e. The van der Waals surface area contributed by atoms with E-state index < -0.39 is 34.7 Å². The van der Waals surface area contributed by atoms with Gasteiger partial charge in [0.2, 0.25) is 0 Å². The number of halogens is 5. The lowest BCUT2D eigenvalue weighted by atomic mass is 9.91. The molecule has 17 heavy (non-hydrogen) atoms. The third-order valence-electron chi connectivity index (χ3n) is 2.24. The minimum atomic E-state index is -5.02. The summed E-state index contributed by atoms with van der Waals surface area (Å²) in [6.07, 6.45) is -5.02. The first-order chi connectivity index (χ1) is 7.57. The lowest BCUT2D eigenvalue weighted by Gasteiger charge is -2.26. The zero-order chi connectivity index (χ0) is 13.4. The van der Waals surface area contributed by atoms with Gasteiger partial charge >= 0.3 is 6.18 Å². The van der Waals surface area contributed by atoms with E-state index in [0.717, 1.165) is 0 Å². The van der Waals surface area contributed by atoms with Crippen molar-refractivity contribution in [1.29, 1.82) is 0 Å². The van der Waals surface area contributed by atoms with Crippen LogP contribution in [0.3, 0.4) is 0 Å². The molecule has 0 spiro atoms. The first-order valence-electron chi connectivity index (χ1n) is 4.43. The van der Waals surface area contributed by atoms with Crippen LogP contribution in [-0.2, 0) is 0 Å². The second-order valence-electron chi connectivity index (χ2n) is 3.65. The molecule has 0 heterocycles. The number of alkyl halides is 3. The molecule has 0 aliphatic heterocycles. The number of benzene rings is 1. The lowest BCUT2D eigenvalue weighted by Crippen LogP contribution is -2.57. The Morgan fingerprint density at radius 3 is 2.18 bits per heavy atom. The largest absolute Gasteiger partial charge is 0.413 e. The number of hydrogen-bond donors (Lipinski definition) is 1. The number of Topliss-reactive ketones (excluding diaryl/α,β-unsaturated/α-hetero) is 1. The van der Waals surface area contributed by atoms with Gasteiger partial charge in [-0.1, -0.05) is 0 Å². The average molecular weight is 253 g/mol. The van der Waals surface area contributed by atoms with Crippen LogP contribution < -0.4 is 5.73 Å². The third-order valence-corrected chi connectivity index (χ3v) is 2.24. The van der Waals surface area contributed by atoms with Gasteiger partial charge in [0.1, 0.15) is 11.6 Å². The number of carbonyl (C=O) groups is 1. The van der Waals surface area contributed by atoms with Crippen molar-refractivity contribution in [3.8, 4) is 0 Å². The highest BCUT2D eigenvalue weighted by Gasteiger charge is 2.54. The molecule has 1 atom stereocenters. The Kier molecular flexibility index (Phi) is 3.24. The molecule has 0 bridgehead atoms. The number of ketones is 1. The van der Waals surface area contributed by atoms with Gasteiger partial charge < -0.3 is 5.73 Å². The van der Waals surface area contributed by atoms with Gasteiger partial charge in [-0.3, -0.25) is 4.79 Å². The van der Waals surface area contributed by atoms with Crippen LogP contribution >= 0.6 is 0 Å². The molecule has 1 rings (SSSR count). The quantitative estimate of drug-likeness (QED) is 0.649. The molecule has 0 fully saturated rings. The summed E-state index contributed by atoms with van der Waals surface area (Å²) in [4.78, 5) is 11.4. The zero-order valence-corrected chi connectivity index (χ0v) is 8.61. The van der Waals surface area contributed by atoms with Crippen LogP contribution in [0, 0.1) is 11.6 Å². The van der Waals surface area contributed by atoms with Crippen LogP contribution in [0.25, 0.3) is 0 Å². The molecule has 7 heteroatoms. The van der Waals surface area contributed by atoms with E-state index in [2.05, 4.69) is 0 Å². The highest BCUT2D eigenvalue weighted by Crippen LogP contribution is 2.31. The van der Waals surface area contributed by atoms with Crippen molar-refractivity contribution >= 4 is 5.78 Å². The topological polar surface area (TPSA) is 43.1 Å². The molecule has 0 aliphatic rings. The van der Waals surface area contributed by atoms with E-state index >= 15 is 0 Å². The first-order valence-corrected chi connectivity index (χ1v) is 4.43. The molecular weight excluding hydrogens is 245 g/mol. The van der Waals surface area contributed by atoms with Crippen LogP contribution in [0.4, 0.5) is 22.0 Å². The van der Waals surface area contributed by atoms with E-state index in [1.807, 2.05) is 0 Å². The first kappa shape index (κ1) is 13.6. The molecule has 2 N–H and O–H groups in total. The minimum absolute atomic E-state index is 0.319. The van der Waals surface area contributed by atoms with E-state index in [1.165, 1.54) is 0 Å². The van der Waals surface area contributed by atoms with Gasteiger partial charge in [-0.05, 0) is 19.1 Å². The SMILES string of the molecule is CC(N)(C(=O)c1ccc(F)cc1F)C(F)(F)F. The summed E-state index contributed by atoms with van der Waals surface area (Å²) in [5.74, 6) is -4.02. The molecule has 0 saturated carbocycles. The number of carbonyl (C=O) groups excluding carboxylic acids is 1. The van der Waals surface area contributed by atoms with Crippen LogP contribution in [-0.4, -0.2) is 17.5 Å². The fourth-order valence-electron chi connectivity index (χ4n) is 1.08. The molecule has 1 aromatic rings. The van der Waals surface area contributed by atoms with Gasteiger partial charge in [0.15, 0.2) is 11.3 Å². The number of rotatable bonds is 2. The Morgan fingerprint density at radius 2 is 1.76 bits per heavy atom. The lowest BCUT2D eigenvalue weighted by molar-refractivity contribution is -0.165. The van der Waals surface area contributed by atoms with Crippen LogP contribution in [0.2, 0.25) is 0 Å². The monoisotopic (exact) mass is 253 g/mol. The van der Waals surface area contributed by atoms with Crippen molar-refractivity contribution in [1.82, 2.24) is 0 Å². The van der Waals surface area contributed by atoms with Gasteiger partial charge in [-0.2, -0.15) is 13.2 Å². The van der Waals surface area contributed by atoms with Crippen LogP contribution in [0.5, 0.6) is 0 Å². The van der Waals surface area contributed by atoms with Gasteiger partial charge in [0, 0.05) is 6.07 Å². The van der Waals surface area contributed by atoms with Crippen LogP contribution in [0.15, 0.2) is 18.2 Å².